The van der Waals surface area contributed by atoms with Crippen molar-refractivity contribution in [3.8, 4) is 22.3 Å². The lowest BCUT2D eigenvalue weighted by molar-refractivity contribution is 0.564. The standard InChI is InChI=1S/C21H11BrCl2O2/c22-13-8-9-18-16(11-13)20(15-6-1-2-7-17(15)24)19(21(25)26-18)12-4-3-5-14(23)10-12/h1-11H. The maximum atomic E-state index is 12.9. The molecule has 0 saturated heterocycles. The Labute approximate surface area is 168 Å². The molecule has 128 valence electrons. The summed E-state index contributed by atoms with van der Waals surface area (Å²) in [4.78, 5) is 12.9. The predicted octanol–water partition coefficient (Wildman–Crippen LogP) is 7.20. The molecule has 1 heterocycles. The van der Waals surface area contributed by atoms with Crippen molar-refractivity contribution in [2.45, 2.75) is 0 Å². The van der Waals surface area contributed by atoms with Gasteiger partial charge in [0.25, 0.3) is 0 Å². The fourth-order valence-electron chi connectivity index (χ4n) is 3.02. The van der Waals surface area contributed by atoms with Gasteiger partial charge in [-0.05, 0) is 42.0 Å². The summed E-state index contributed by atoms with van der Waals surface area (Å²) in [6.45, 7) is 0. The molecule has 3 aromatic carbocycles. The summed E-state index contributed by atoms with van der Waals surface area (Å²) in [5.41, 5.74) is 2.68. The van der Waals surface area contributed by atoms with Crippen LogP contribution in [0, 0.1) is 0 Å². The first-order valence-electron chi connectivity index (χ1n) is 7.82. The number of hydrogen-bond acceptors (Lipinski definition) is 2. The summed E-state index contributed by atoms with van der Waals surface area (Å²) in [6, 6.07) is 20.1. The van der Waals surface area contributed by atoms with E-state index in [4.69, 9.17) is 27.6 Å². The molecular weight excluding hydrogens is 435 g/mol. The third-order valence-corrected chi connectivity index (χ3v) is 5.18. The number of rotatable bonds is 2. The molecule has 4 aromatic rings. The second-order valence-corrected chi connectivity index (χ2v) is 7.53. The SMILES string of the molecule is O=c1oc2ccc(Br)cc2c(-c2ccccc2Cl)c1-c1cccc(Cl)c1. The zero-order valence-corrected chi connectivity index (χ0v) is 16.4. The van der Waals surface area contributed by atoms with Crippen LogP contribution in [0.25, 0.3) is 33.2 Å². The Morgan fingerprint density at radius 2 is 1.65 bits per heavy atom. The largest absolute Gasteiger partial charge is 0.422 e. The molecule has 0 atom stereocenters. The van der Waals surface area contributed by atoms with Crippen LogP contribution in [0.2, 0.25) is 10.0 Å². The average molecular weight is 446 g/mol. The Morgan fingerprint density at radius 1 is 0.846 bits per heavy atom. The zero-order valence-electron chi connectivity index (χ0n) is 13.3. The summed E-state index contributed by atoms with van der Waals surface area (Å²) in [5, 5.41) is 1.89. The molecule has 2 nitrogen and oxygen atoms in total. The van der Waals surface area contributed by atoms with Gasteiger partial charge in [-0.2, -0.15) is 0 Å². The minimum atomic E-state index is -0.433. The van der Waals surface area contributed by atoms with E-state index in [0.717, 1.165) is 21.0 Å². The third-order valence-electron chi connectivity index (χ3n) is 4.12. The van der Waals surface area contributed by atoms with Gasteiger partial charge in [0.1, 0.15) is 5.58 Å². The first kappa shape index (κ1) is 17.3. The molecule has 0 N–H and O–H groups in total. The molecule has 0 saturated carbocycles. The molecule has 0 aliphatic carbocycles. The quantitative estimate of drug-likeness (QED) is 0.305. The highest BCUT2D eigenvalue weighted by atomic mass is 79.9. The van der Waals surface area contributed by atoms with Gasteiger partial charge in [-0.3, -0.25) is 0 Å². The number of hydrogen-bond donors (Lipinski definition) is 0. The highest BCUT2D eigenvalue weighted by Gasteiger charge is 2.20. The van der Waals surface area contributed by atoms with E-state index in [1.165, 1.54) is 0 Å². The Kier molecular flexibility index (Phi) is 4.62. The first-order chi connectivity index (χ1) is 12.5. The molecular formula is C21H11BrCl2O2. The van der Waals surface area contributed by atoms with Crippen LogP contribution >= 0.6 is 39.1 Å². The van der Waals surface area contributed by atoms with E-state index in [1.807, 2.05) is 36.4 Å². The third kappa shape index (κ3) is 3.07. The lowest BCUT2D eigenvalue weighted by Gasteiger charge is -2.14. The second-order valence-electron chi connectivity index (χ2n) is 5.77. The molecule has 26 heavy (non-hydrogen) atoms. The average Bonchev–Trinajstić information content (AvgIpc) is 2.62. The smallest absolute Gasteiger partial charge is 0.344 e. The monoisotopic (exact) mass is 444 g/mol. The number of halogens is 3. The van der Waals surface area contributed by atoms with Gasteiger partial charge < -0.3 is 4.42 Å². The maximum Gasteiger partial charge on any atom is 0.344 e. The molecule has 0 aliphatic rings. The minimum Gasteiger partial charge on any atom is -0.422 e. The van der Waals surface area contributed by atoms with Crippen LogP contribution in [-0.2, 0) is 0 Å². The van der Waals surface area contributed by atoms with Gasteiger partial charge in [0, 0.05) is 31.0 Å². The van der Waals surface area contributed by atoms with Gasteiger partial charge >= 0.3 is 5.63 Å². The normalized spacial score (nSPS) is 11.0. The molecule has 0 unspecified atom stereocenters. The molecule has 0 spiro atoms. The number of fused-ring (bicyclic) bond motifs is 1. The van der Waals surface area contributed by atoms with Gasteiger partial charge in [0.2, 0.25) is 0 Å². The number of benzene rings is 3. The van der Waals surface area contributed by atoms with Gasteiger partial charge in [-0.1, -0.05) is 69.5 Å². The summed E-state index contributed by atoms with van der Waals surface area (Å²) in [6.07, 6.45) is 0. The molecule has 0 bridgehead atoms. The van der Waals surface area contributed by atoms with Crippen LogP contribution in [0.15, 0.2) is 80.4 Å². The Morgan fingerprint density at radius 3 is 2.42 bits per heavy atom. The molecule has 4 rings (SSSR count). The summed E-state index contributed by atoms with van der Waals surface area (Å²) in [5.74, 6) is 0. The van der Waals surface area contributed by atoms with Crippen LogP contribution in [-0.4, -0.2) is 0 Å². The van der Waals surface area contributed by atoms with Crippen molar-refractivity contribution in [1.29, 1.82) is 0 Å². The predicted molar refractivity (Wildman–Crippen MR) is 111 cm³/mol. The van der Waals surface area contributed by atoms with E-state index in [1.54, 1.807) is 30.3 Å². The van der Waals surface area contributed by atoms with Crippen molar-refractivity contribution < 1.29 is 4.42 Å². The van der Waals surface area contributed by atoms with E-state index in [0.29, 0.717) is 26.8 Å². The fourth-order valence-corrected chi connectivity index (χ4v) is 3.81. The van der Waals surface area contributed by atoms with E-state index < -0.39 is 5.63 Å². The fraction of sp³-hybridized carbons (Fsp3) is 0. The lowest BCUT2D eigenvalue weighted by Crippen LogP contribution is -2.06. The van der Waals surface area contributed by atoms with Crippen LogP contribution < -0.4 is 5.63 Å². The molecule has 5 heteroatoms. The van der Waals surface area contributed by atoms with E-state index in [-0.39, 0.29) is 0 Å². The lowest BCUT2D eigenvalue weighted by atomic mass is 9.93. The second kappa shape index (κ2) is 6.92. The van der Waals surface area contributed by atoms with Gasteiger partial charge in [-0.25, -0.2) is 4.79 Å². The van der Waals surface area contributed by atoms with Gasteiger partial charge in [0.15, 0.2) is 0 Å². The Balaban J connectivity index is 2.21. The van der Waals surface area contributed by atoms with Crippen molar-refractivity contribution in [3.05, 3.63) is 91.7 Å². The van der Waals surface area contributed by atoms with E-state index in [9.17, 15) is 4.79 Å². The van der Waals surface area contributed by atoms with E-state index >= 15 is 0 Å². The van der Waals surface area contributed by atoms with Crippen LogP contribution in [0.5, 0.6) is 0 Å². The van der Waals surface area contributed by atoms with Gasteiger partial charge in [0.05, 0.1) is 5.56 Å². The van der Waals surface area contributed by atoms with E-state index in [2.05, 4.69) is 15.9 Å². The summed E-state index contributed by atoms with van der Waals surface area (Å²) >= 11 is 16.1. The van der Waals surface area contributed by atoms with Crippen molar-refractivity contribution >= 4 is 50.1 Å². The van der Waals surface area contributed by atoms with Gasteiger partial charge in [-0.15, -0.1) is 0 Å². The Bertz CT molecular complexity index is 1200. The molecule has 0 amide bonds. The minimum absolute atomic E-state index is 0.433. The zero-order chi connectivity index (χ0) is 18.3. The summed E-state index contributed by atoms with van der Waals surface area (Å²) in [7, 11) is 0. The van der Waals surface area contributed by atoms with Crippen molar-refractivity contribution in [1.82, 2.24) is 0 Å². The van der Waals surface area contributed by atoms with Crippen molar-refractivity contribution in [2.75, 3.05) is 0 Å². The highest BCUT2D eigenvalue weighted by Crippen LogP contribution is 2.40. The topological polar surface area (TPSA) is 30.2 Å². The summed E-state index contributed by atoms with van der Waals surface area (Å²) < 4.78 is 6.46. The molecule has 0 fully saturated rings. The highest BCUT2D eigenvalue weighted by molar-refractivity contribution is 9.10. The molecule has 0 aliphatic heterocycles. The maximum absolute atomic E-state index is 12.9. The van der Waals surface area contributed by atoms with Crippen molar-refractivity contribution in [3.63, 3.8) is 0 Å². The Hall–Kier alpha value is -2.07. The molecule has 0 radical (unpaired) electrons. The van der Waals surface area contributed by atoms with Crippen LogP contribution in [0.4, 0.5) is 0 Å². The molecule has 1 aromatic heterocycles. The van der Waals surface area contributed by atoms with Crippen LogP contribution in [0.3, 0.4) is 0 Å². The first-order valence-corrected chi connectivity index (χ1v) is 9.36. The van der Waals surface area contributed by atoms with Crippen molar-refractivity contribution in [2.24, 2.45) is 0 Å². The van der Waals surface area contributed by atoms with Crippen LogP contribution in [0.1, 0.15) is 0 Å².